The summed E-state index contributed by atoms with van der Waals surface area (Å²) in [6.45, 7) is 1.92. The van der Waals surface area contributed by atoms with Gasteiger partial charge in [0.05, 0.1) is 12.1 Å². The van der Waals surface area contributed by atoms with Gasteiger partial charge in [-0.1, -0.05) is 18.2 Å². The Morgan fingerprint density at radius 1 is 1.39 bits per heavy atom. The van der Waals surface area contributed by atoms with E-state index in [0.29, 0.717) is 17.1 Å². The number of rotatable bonds is 4. The Morgan fingerprint density at radius 2 is 2.17 bits per heavy atom. The van der Waals surface area contributed by atoms with E-state index in [2.05, 4.69) is 10.3 Å². The second kappa shape index (κ2) is 6.20. The van der Waals surface area contributed by atoms with E-state index in [1.165, 1.54) is 6.07 Å². The maximum atomic E-state index is 12.2. The number of benzene rings is 1. The number of hydrogen-bond acceptors (Lipinski definition) is 4. The van der Waals surface area contributed by atoms with Gasteiger partial charge in [-0.15, -0.1) is 0 Å². The predicted molar refractivity (Wildman–Crippen MR) is 82.9 cm³/mol. The van der Waals surface area contributed by atoms with Gasteiger partial charge in [-0.25, -0.2) is 4.98 Å². The van der Waals surface area contributed by atoms with E-state index in [1.54, 1.807) is 13.1 Å². The number of carbonyl (C=O) groups excluding carboxylic acids is 1. The van der Waals surface area contributed by atoms with Crippen molar-refractivity contribution in [3.63, 3.8) is 0 Å². The van der Waals surface area contributed by atoms with Crippen LogP contribution in [0, 0.1) is 18.3 Å². The monoisotopic (exact) mass is 306 g/mol. The average molecular weight is 306 g/mol. The number of amides is 1. The zero-order valence-corrected chi connectivity index (χ0v) is 12.5. The van der Waals surface area contributed by atoms with E-state index in [-0.39, 0.29) is 18.2 Å². The van der Waals surface area contributed by atoms with Crippen LogP contribution in [0.2, 0.25) is 0 Å². The Hall–Kier alpha value is -3.33. The van der Waals surface area contributed by atoms with Gasteiger partial charge in [0.15, 0.2) is 0 Å². The van der Waals surface area contributed by atoms with E-state index in [9.17, 15) is 4.79 Å². The standard InChI is InChI=1S/C17H14N4O2/c1-12-15(9-14(10-18)23-12)17(22)20-11-16-19-7-8-21(16)13-5-3-2-4-6-13/h2-9H,11H2,1H3,(H,20,22). The molecule has 0 saturated heterocycles. The van der Waals surface area contributed by atoms with Gasteiger partial charge < -0.3 is 14.3 Å². The molecule has 6 nitrogen and oxygen atoms in total. The number of nitriles is 1. The van der Waals surface area contributed by atoms with Gasteiger partial charge in [0.2, 0.25) is 5.76 Å². The maximum absolute atomic E-state index is 12.2. The molecule has 0 spiro atoms. The van der Waals surface area contributed by atoms with Crippen LogP contribution in [0.5, 0.6) is 0 Å². The fourth-order valence-corrected chi connectivity index (χ4v) is 2.31. The molecule has 0 saturated carbocycles. The smallest absolute Gasteiger partial charge is 0.255 e. The third kappa shape index (κ3) is 2.99. The number of nitrogens with zero attached hydrogens (tertiary/aromatic N) is 3. The number of aromatic nitrogens is 2. The van der Waals surface area contributed by atoms with Gasteiger partial charge in [-0.3, -0.25) is 4.79 Å². The molecule has 1 N–H and O–H groups in total. The van der Waals surface area contributed by atoms with Crippen LogP contribution < -0.4 is 5.32 Å². The summed E-state index contributed by atoms with van der Waals surface area (Å²) in [5.41, 5.74) is 1.33. The van der Waals surface area contributed by atoms with Crippen molar-refractivity contribution < 1.29 is 9.21 Å². The highest BCUT2D eigenvalue weighted by atomic mass is 16.3. The van der Waals surface area contributed by atoms with E-state index in [0.717, 1.165) is 5.69 Å². The summed E-state index contributed by atoms with van der Waals surface area (Å²) in [7, 11) is 0. The third-order valence-electron chi connectivity index (χ3n) is 3.43. The average Bonchev–Trinajstić information content (AvgIpc) is 3.19. The Balaban J connectivity index is 1.74. The van der Waals surface area contributed by atoms with Crippen molar-refractivity contribution in [3.8, 4) is 11.8 Å². The number of para-hydroxylation sites is 1. The van der Waals surface area contributed by atoms with Crippen LogP contribution >= 0.6 is 0 Å². The molecule has 114 valence electrons. The highest BCUT2D eigenvalue weighted by Crippen LogP contribution is 2.14. The topological polar surface area (TPSA) is 83.8 Å². The van der Waals surface area contributed by atoms with Crippen LogP contribution in [0.1, 0.15) is 27.7 Å². The molecule has 2 heterocycles. The van der Waals surface area contributed by atoms with Crippen molar-refractivity contribution in [1.29, 1.82) is 5.26 Å². The van der Waals surface area contributed by atoms with Crippen LogP contribution in [-0.4, -0.2) is 15.5 Å². The van der Waals surface area contributed by atoms with Gasteiger partial charge in [0.25, 0.3) is 5.91 Å². The lowest BCUT2D eigenvalue weighted by molar-refractivity contribution is 0.0948. The first-order valence-electron chi connectivity index (χ1n) is 7.05. The van der Waals surface area contributed by atoms with Gasteiger partial charge in [0.1, 0.15) is 17.7 Å². The minimum absolute atomic E-state index is 0.124. The Morgan fingerprint density at radius 3 is 2.87 bits per heavy atom. The van der Waals surface area contributed by atoms with Crippen LogP contribution in [0.3, 0.4) is 0 Å². The molecule has 0 bridgehead atoms. The highest BCUT2D eigenvalue weighted by molar-refractivity contribution is 5.95. The molecule has 0 unspecified atom stereocenters. The third-order valence-corrected chi connectivity index (χ3v) is 3.43. The highest BCUT2D eigenvalue weighted by Gasteiger charge is 2.15. The lowest BCUT2D eigenvalue weighted by atomic mass is 10.2. The predicted octanol–water partition coefficient (Wildman–Crippen LogP) is 2.58. The summed E-state index contributed by atoms with van der Waals surface area (Å²) in [6, 6.07) is 13.1. The summed E-state index contributed by atoms with van der Waals surface area (Å²) in [6.07, 6.45) is 3.53. The molecule has 3 rings (SSSR count). The normalized spacial score (nSPS) is 10.3. The van der Waals surface area contributed by atoms with Gasteiger partial charge in [-0.2, -0.15) is 5.26 Å². The van der Waals surface area contributed by atoms with Crippen LogP contribution in [-0.2, 0) is 6.54 Å². The molecule has 2 aromatic heterocycles. The molecule has 1 aromatic carbocycles. The minimum Gasteiger partial charge on any atom is -0.450 e. The van der Waals surface area contributed by atoms with Crippen molar-refractivity contribution in [3.05, 3.63) is 71.7 Å². The second-order valence-electron chi connectivity index (χ2n) is 4.92. The molecule has 0 aliphatic heterocycles. The quantitative estimate of drug-likeness (QED) is 0.803. The van der Waals surface area contributed by atoms with Gasteiger partial charge >= 0.3 is 0 Å². The van der Waals surface area contributed by atoms with Gasteiger partial charge in [-0.05, 0) is 19.1 Å². The van der Waals surface area contributed by atoms with E-state index in [1.807, 2.05) is 47.2 Å². The zero-order valence-electron chi connectivity index (χ0n) is 12.5. The number of imidazole rings is 1. The van der Waals surface area contributed by atoms with Crippen LogP contribution in [0.4, 0.5) is 0 Å². The zero-order chi connectivity index (χ0) is 16.2. The lowest BCUT2D eigenvalue weighted by Crippen LogP contribution is -2.24. The Bertz CT molecular complexity index is 872. The van der Waals surface area contributed by atoms with Gasteiger partial charge in [0, 0.05) is 24.1 Å². The minimum atomic E-state index is -0.296. The molecular formula is C17H14N4O2. The number of aryl methyl sites for hydroxylation is 1. The molecule has 0 fully saturated rings. The molecule has 23 heavy (non-hydrogen) atoms. The summed E-state index contributed by atoms with van der Waals surface area (Å²) in [4.78, 5) is 16.5. The summed E-state index contributed by atoms with van der Waals surface area (Å²) in [5, 5.41) is 11.6. The number of carbonyl (C=O) groups is 1. The summed E-state index contributed by atoms with van der Waals surface area (Å²) < 4.78 is 7.08. The fraction of sp³-hybridized carbons (Fsp3) is 0.118. The first kappa shape index (κ1) is 14.6. The first-order valence-corrected chi connectivity index (χ1v) is 7.05. The first-order chi connectivity index (χ1) is 11.2. The van der Waals surface area contributed by atoms with Crippen molar-refractivity contribution in [2.24, 2.45) is 0 Å². The molecule has 0 radical (unpaired) electrons. The van der Waals surface area contributed by atoms with E-state index >= 15 is 0 Å². The lowest BCUT2D eigenvalue weighted by Gasteiger charge is -2.08. The van der Waals surface area contributed by atoms with Crippen molar-refractivity contribution in [2.75, 3.05) is 0 Å². The molecule has 1 amide bonds. The van der Waals surface area contributed by atoms with Crippen molar-refractivity contribution >= 4 is 5.91 Å². The van der Waals surface area contributed by atoms with Crippen LogP contribution in [0.15, 0.2) is 53.2 Å². The molecule has 6 heteroatoms. The number of hydrogen-bond donors (Lipinski definition) is 1. The largest absolute Gasteiger partial charge is 0.450 e. The maximum Gasteiger partial charge on any atom is 0.255 e. The Kier molecular flexibility index (Phi) is 3.93. The molecular weight excluding hydrogens is 292 g/mol. The number of nitrogens with one attached hydrogen (secondary N) is 1. The van der Waals surface area contributed by atoms with E-state index < -0.39 is 0 Å². The van der Waals surface area contributed by atoms with Crippen molar-refractivity contribution in [2.45, 2.75) is 13.5 Å². The Labute approximate surface area is 133 Å². The summed E-state index contributed by atoms with van der Waals surface area (Å²) >= 11 is 0. The fourth-order valence-electron chi connectivity index (χ4n) is 2.31. The molecule has 0 aliphatic carbocycles. The van der Waals surface area contributed by atoms with Crippen molar-refractivity contribution in [1.82, 2.24) is 14.9 Å². The molecule has 3 aromatic rings. The summed E-state index contributed by atoms with van der Waals surface area (Å²) in [5.74, 6) is 0.963. The SMILES string of the molecule is Cc1oc(C#N)cc1C(=O)NCc1nccn1-c1ccccc1. The molecule has 0 aliphatic rings. The molecule has 0 atom stereocenters. The van der Waals surface area contributed by atoms with E-state index in [4.69, 9.17) is 9.68 Å². The second-order valence-corrected chi connectivity index (χ2v) is 4.92. The van der Waals surface area contributed by atoms with Crippen LogP contribution in [0.25, 0.3) is 5.69 Å². The number of furan rings is 1.